The van der Waals surface area contributed by atoms with E-state index in [9.17, 15) is 0 Å². The summed E-state index contributed by atoms with van der Waals surface area (Å²) in [5.41, 5.74) is 1.37. The van der Waals surface area contributed by atoms with E-state index in [1.165, 1.54) is 108 Å². The fourth-order valence-electron chi connectivity index (χ4n) is 4.59. The number of aromatic amines is 1. The van der Waals surface area contributed by atoms with Crippen LogP contribution in [0.5, 0.6) is 0 Å². The summed E-state index contributed by atoms with van der Waals surface area (Å²) in [6.45, 7) is 5.60. The standard InChI is InChI=1S/C28H46N2/c1-3-5-6-7-8-9-10-11-12-13-14-15-19-22-27(4-2)28-29-23-24-30(28)25-26-20-17-16-18-21-26/h16-18,20-21,23-24,27H,3-15,19,22,25H2,1-2H3/p+1/t27-/m0/s1. The molecular formula is C28H47N2+. The smallest absolute Gasteiger partial charge is 0.247 e. The first-order valence-corrected chi connectivity index (χ1v) is 13.0. The van der Waals surface area contributed by atoms with Crippen molar-refractivity contribution in [1.29, 1.82) is 0 Å². The van der Waals surface area contributed by atoms with Gasteiger partial charge < -0.3 is 0 Å². The molecule has 2 aromatic rings. The van der Waals surface area contributed by atoms with Crippen molar-refractivity contribution in [2.24, 2.45) is 0 Å². The summed E-state index contributed by atoms with van der Waals surface area (Å²) in [5.74, 6) is 2.05. The van der Waals surface area contributed by atoms with Gasteiger partial charge >= 0.3 is 0 Å². The van der Waals surface area contributed by atoms with Crippen LogP contribution in [0, 0.1) is 0 Å². The van der Waals surface area contributed by atoms with Gasteiger partial charge in [-0.3, -0.25) is 0 Å². The van der Waals surface area contributed by atoms with Gasteiger partial charge in [0.25, 0.3) is 5.82 Å². The first-order valence-electron chi connectivity index (χ1n) is 13.0. The summed E-state index contributed by atoms with van der Waals surface area (Å²) < 4.78 is 2.41. The molecule has 1 heterocycles. The number of H-pyrrole nitrogens is 1. The van der Waals surface area contributed by atoms with Crippen LogP contribution < -0.4 is 4.57 Å². The van der Waals surface area contributed by atoms with Gasteiger partial charge in [0.2, 0.25) is 0 Å². The van der Waals surface area contributed by atoms with Gasteiger partial charge in [-0.05, 0) is 18.4 Å². The van der Waals surface area contributed by atoms with Crippen LogP contribution in [0.15, 0.2) is 42.7 Å². The predicted molar refractivity (Wildman–Crippen MR) is 130 cm³/mol. The highest BCUT2D eigenvalue weighted by Gasteiger charge is 2.21. The Morgan fingerprint density at radius 2 is 1.30 bits per heavy atom. The van der Waals surface area contributed by atoms with Crippen molar-refractivity contribution >= 4 is 0 Å². The molecule has 1 aromatic heterocycles. The van der Waals surface area contributed by atoms with Gasteiger partial charge in [0, 0.05) is 0 Å². The Kier molecular flexibility index (Phi) is 13.3. The van der Waals surface area contributed by atoms with Crippen molar-refractivity contribution < 1.29 is 4.57 Å². The van der Waals surface area contributed by atoms with Crippen LogP contribution >= 0.6 is 0 Å². The third kappa shape index (κ3) is 9.96. The topological polar surface area (TPSA) is 19.7 Å². The largest absolute Gasteiger partial charge is 0.257 e. The van der Waals surface area contributed by atoms with Crippen molar-refractivity contribution in [3.05, 3.63) is 54.1 Å². The second-order valence-corrected chi connectivity index (χ2v) is 9.10. The molecule has 2 heteroatoms. The molecule has 1 N–H and O–H groups in total. The van der Waals surface area contributed by atoms with Crippen molar-refractivity contribution in [1.82, 2.24) is 4.98 Å². The molecule has 0 amide bonds. The molecule has 0 aliphatic heterocycles. The second-order valence-electron chi connectivity index (χ2n) is 9.10. The maximum atomic E-state index is 3.54. The molecule has 1 atom stereocenters. The highest BCUT2D eigenvalue weighted by Crippen LogP contribution is 2.23. The number of hydrogen-bond donors (Lipinski definition) is 1. The van der Waals surface area contributed by atoms with E-state index in [4.69, 9.17) is 0 Å². The van der Waals surface area contributed by atoms with Crippen LogP contribution in [0.25, 0.3) is 0 Å². The van der Waals surface area contributed by atoms with Crippen LogP contribution in [-0.2, 0) is 6.54 Å². The lowest BCUT2D eigenvalue weighted by Gasteiger charge is -2.12. The first-order chi connectivity index (χ1) is 14.8. The minimum absolute atomic E-state index is 0.649. The third-order valence-corrected chi connectivity index (χ3v) is 6.53. The Hall–Kier alpha value is -1.57. The van der Waals surface area contributed by atoms with Gasteiger partial charge in [-0.1, -0.05) is 128 Å². The minimum atomic E-state index is 0.649. The maximum Gasteiger partial charge on any atom is 0.257 e. The summed E-state index contributed by atoms with van der Waals surface area (Å²) in [4.78, 5) is 3.54. The lowest BCUT2D eigenvalue weighted by atomic mass is 9.96. The van der Waals surface area contributed by atoms with E-state index in [0.29, 0.717) is 5.92 Å². The van der Waals surface area contributed by atoms with E-state index in [1.54, 1.807) is 0 Å². The molecule has 0 aliphatic carbocycles. The highest BCUT2D eigenvalue weighted by atomic mass is 15.1. The zero-order valence-electron chi connectivity index (χ0n) is 19.9. The van der Waals surface area contributed by atoms with E-state index < -0.39 is 0 Å². The number of imidazole rings is 1. The lowest BCUT2D eigenvalue weighted by Crippen LogP contribution is -2.38. The molecule has 2 nitrogen and oxygen atoms in total. The highest BCUT2D eigenvalue weighted by molar-refractivity contribution is 5.13. The molecule has 1 aromatic carbocycles. The molecule has 2 rings (SSSR count). The third-order valence-electron chi connectivity index (χ3n) is 6.53. The molecule has 0 saturated heterocycles. The molecule has 30 heavy (non-hydrogen) atoms. The first kappa shape index (κ1) is 24.7. The quantitative estimate of drug-likeness (QED) is 0.188. The molecule has 0 radical (unpaired) electrons. The number of nitrogens with zero attached hydrogens (tertiary/aromatic N) is 1. The summed E-state index contributed by atoms with van der Waals surface area (Å²) in [5, 5.41) is 0. The Morgan fingerprint density at radius 3 is 1.87 bits per heavy atom. The van der Waals surface area contributed by atoms with E-state index >= 15 is 0 Å². The van der Waals surface area contributed by atoms with Gasteiger partial charge in [-0.2, -0.15) is 0 Å². The number of rotatable bonds is 18. The van der Waals surface area contributed by atoms with Crippen LogP contribution in [-0.4, -0.2) is 4.98 Å². The zero-order valence-corrected chi connectivity index (χ0v) is 19.9. The van der Waals surface area contributed by atoms with E-state index in [0.717, 1.165) is 6.54 Å². The molecule has 168 valence electrons. The van der Waals surface area contributed by atoms with Crippen LogP contribution in [0.3, 0.4) is 0 Å². The van der Waals surface area contributed by atoms with Crippen molar-refractivity contribution in [2.45, 2.75) is 123 Å². The van der Waals surface area contributed by atoms with Crippen LogP contribution in [0.4, 0.5) is 0 Å². The number of benzene rings is 1. The van der Waals surface area contributed by atoms with Gasteiger partial charge in [0.05, 0.1) is 5.92 Å². The van der Waals surface area contributed by atoms with Crippen molar-refractivity contribution in [3.8, 4) is 0 Å². The van der Waals surface area contributed by atoms with Crippen molar-refractivity contribution in [2.75, 3.05) is 0 Å². The maximum absolute atomic E-state index is 3.54. The summed E-state index contributed by atoms with van der Waals surface area (Å²) in [7, 11) is 0. The van der Waals surface area contributed by atoms with Crippen LogP contribution in [0.2, 0.25) is 0 Å². The molecule has 0 spiro atoms. The Labute approximate surface area is 186 Å². The van der Waals surface area contributed by atoms with Gasteiger partial charge in [0.1, 0.15) is 18.9 Å². The van der Waals surface area contributed by atoms with Crippen LogP contribution in [0.1, 0.15) is 127 Å². The zero-order chi connectivity index (χ0) is 21.3. The normalized spacial score (nSPS) is 12.3. The van der Waals surface area contributed by atoms with Crippen molar-refractivity contribution in [3.63, 3.8) is 0 Å². The molecule has 0 aliphatic rings. The second kappa shape index (κ2) is 16.2. The predicted octanol–water partition coefficient (Wildman–Crippen LogP) is 8.33. The number of hydrogen-bond acceptors (Lipinski definition) is 0. The minimum Gasteiger partial charge on any atom is -0.247 e. The lowest BCUT2D eigenvalue weighted by molar-refractivity contribution is -0.695. The molecule has 0 bridgehead atoms. The fourth-order valence-corrected chi connectivity index (χ4v) is 4.59. The number of unbranched alkanes of at least 4 members (excludes halogenated alkanes) is 12. The Bertz CT molecular complexity index is 631. The van der Waals surface area contributed by atoms with E-state index in [1.807, 2.05) is 0 Å². The summed E-state index contributed by atoms with van der Waals surface area (Å²) >= 11 is 0. The summed E-state index contributed by atoms with van der Waals surface area (Å²) in [6, 6.07) is 10.8. The number of nitrogens with one attached hydrogen (secondary N) is 1. The molecular weight excluding hydrogens is 364 g/mol. The van der Waals surface area contributed by atoms with Gasteiger partial charge in [-0.25, -0.2) is 9.55 Å². The fraction of sp³-hybridized carbons (Fsp3) is 0.679. The number of aromatic nitrogens is 2. The Balaban J connectivity index is 1.55. The monoisotopic (exact) mass is 411 g/mol. The molecule has 0 saturated carbocycles. The summed E-state index contributed by atoms with van der Waals surface area (Å²) in [6.07, 6.45) is 25.4. The SMILES string of the molecule is CCCCCCCCCCCCCCC[C@H](CC)c1[nH]cc[n+]1Cc1ccccc1. The van der Waals surface area contributed by atoms with Gasteiger partial charge in [-0.15, -0.1) is 0 Å². The molecule has 0 fully saturated rings. The average Bonchev–Trinajstić information content (AvgIpc) is 3.22. The molecule has 0 unspecified atom stereocenters. The van der Waals surface area contributed by atoms with E-state index in [-0.39, 0.29) is 0 Å². The Morgan fingerprint density at radius 1 is 0.733 bits per heavy atom. The van der Waals surface area contributed by atoms with Gasteiger partial charge in [0.15, 0.2) is 0 Å². The van der Waals surface area contributed by atoms with E-state index in [2.05, 4.69) is 66.1 Å². The average molecular weight is 412 g/mol.